The Morgan fingerprint density at radius 3 is 2.17 bits per heavy atom. The van der Waals surface area contributed by atoms with Crippen molar-refractivity contribution in [2.24, 2.45) is 0 Å². The van der Waals surface area contributed by atoms with Gasteiger partial charge in [-0.25, -0.2) is 18.7 Å². The summed E-state index contributed by atoms with van der Waals surface area (Å²) in [5, 5.41) is 2.13. The van der Waals surface area contributed by atoms with E-state index in [2.05, 4.69) is 15.3 Å². The normalized spacial score (nSPS) is 19.6. The van der Waals surface area contributed by atoms with Gasteiger partial charge in [0, 0.05) is 56.2 Å². The number of halogens is 2. The molecule has 0 radical (unpaired) electrons. The monoisotopic (exact) mass is 415 g/mol. The molecule has 156 valence electrons. The van der Waals surface area contributed by atoms with Crippen LogP contribution in [0.1, 0.15) is 34.7 Å². The lowest BCUT2D eigenvalue weighted by Crippen LogP contribution is -2.47. The van der Waals surface area contributed by atoms with Crippen LogP contribution in [0.5, 0.6) is 0 Å². The van der Waals surface area contributed by atoms with E-state index in [9.17, 15) is 23.2 Å². The average Bonchev–Trinajstić information content (AvgIpc) is 2.75. The number of hydrogen-bond donors (Lipinski definition) is 1. The van der Waals surface area contributed by atoms with Gasteiger partial charge in [-0.1, -0.05) is 0 Å². The van der Waals surface area contributed by atoms with Crippen molar-refractivity contribution in [3.8, 4) is 0 Å². The van der Waals surface area contributed by atoms with Crippen molar-refractivity contribution < 1.29 is 23.2 Å². The van der Waals surface area contributed by atoms with Gasteiger partial charge in [-0.05, 0) is 18.6 Å². The molecule has 8 nitrogen and oxygen atoms in total. The summed E-state index contributed by atoms with van der Waals surface area (Å²) in [5.74, 6) is -3.22. The van der Waals surface area contributed by atoms with Crippen LogP contribution in [-0.4, -0.2) is 54.2 Å². The van der Waals surface area contributed by atoms with Gasteiger partial charge in [0.05, 0.1) is 11.5 Å². The van der Waals surface area contributed by atoms with E-state index >= 15 is 0 Å². The van der Waals surface area contributed by atoms with Crippen LogP contribution in [0, 0.1) is 11.6 Å². The van der Waals surface area contributed by atoms with Crippen LogP contribution < -0.4 is 15.1 Å². The predicted molar refractivity (Wildman–Crippen MR) is 103 cm³/mol. The summed E-state index contributed by atoms with van der Waals surface area (Å²) in [7, 11) is 0. The zero-order chi connectivity index (χ0) is 21.3. The third kappa shape index (κ3) is 3.85. The summed E-state index contributed by atoms with van der Waals surface area (Å²) < 4.78 is 29.5. The highest BCUT2D eigenvalue weighted by molar-refractivity contribution is 6.01. The number of nitrogens with zero attached hydrogens (tertiary/aromatic N) is 4. The summed E-state index contributed by atoms with van der Waals surface area (Å²) >= 11 is 0. The number of rotatable bonds is 4. The number of nitrogens with one attached hydrogen (secondary N) is 1. The maximum Gasteiger partial charge on any atom is 0.234 e. The molecule has 4 rings (SSSR count). The van der Waals surface area contributed by atoms with Gasteiger partial charge in [0.25, 0.3) is 0 Å². The second-order valence-electron chi connectivity index (χ2n) is 7.24. The molecule has 2 fully saturated rings. The minimum absolute atomic E-state index is 0.0505. The molecule has 0 spiro atoms. The Balaban J connectivity index is 1.47. The standard InChI is InChI=1S/C20H19F2N5O3/c21-15-7-13(8-16(22)18(15)14-1-2-17(29)25-19(14)30)26-3-5-27(6-4-26)20-23-9-12(11-28)10-24-20/h7-11,14H,1-6H2,(H,25,29,30). The molecule has 10 heteroatoms. The number of aromatic nitrogens is 2. The summed E-state index contributed by atoms with van der Waals surface area (Å²) in [6, 6.07) is 2.46. The molecule has 2 aliphatic heterocycles. The first-order valence-electron chi connectivity index (χ1n) is 9.56. The van der Waals surface area contributed by atoms with Gasteiger partial charge in [0.1, 0.15) is 11.6 Å². The number of benzene rings is 1. The predicted octanol–water partition coefficient (Wildman–Crippen LogP) is 1.41. The molecule has 1 N–H and O–H groups in total. The number of piperazine rings is 1. The smallest absolute Gasteiger partial charge is 0.234 e. The van der Waals surface area contributed by atoms with Crippen LogP contribution in [0.3, 0.4) is 0 Å². The van der Waals surface area contributed by atoms with Gasteiger partial charge in [-0.3, -0.25) is 19.7 Å². The average molecular weight is 415 g/mol. The van der Waals surface area contributed by atoms with Crippen LogP contribution in [0.25, 0.3) is 0 Å². The Labute approximate surface area is 170 Å². The van der Waals surface area contributed by atoms with Crippen molar-refractivity contribution in [3.63, 3.8) is 0 Å². The molecule has 1 atom stereocenters. The van der Waals surface area contributed by atoms with E-state index in [-0.39, 0.29) is 18.4 Å². The van der Waals surface area contributed by atoms with E-state index in [4.69, 9.17) is 0 Å². The molecule has 0 aliphatic carbocycles. The fourth-order valence-corrected chi connectivity index (χ4v) is 3.78. The van der Waals surface area contributed by atoms with Crippen molar-refractivity contribution >= 4 is 29.7 Å². The second-order valence-corrected chi connectivity index (χ2v) is 7.24. The van der Waals surface area contributed by atoms with Crippen LogP contribution in [0.2, 0.25) is 0 Å². The number of aldehydes is 1. The number of imide groups is 1. The van der Waals surface area contributed by atoms with E-state index < -0.39 is 29.4 Å². The minimum atomic E-state index is -1.01. The van der Waals surface area contributed by atoms with Gasteiger partial charge >= 0.3 is 0 Å². The molecule has 1 aromatic carbocycles. The molecule has 30 heavy (non-hydrogen) atoms. The minimum Gasteiger partial charge on any atom is -0.368 e. The van der Waals surface area contributed by atoms with Crippen LogP contribution in [0.15, 0.2) is 24.5 Å². The van der Waals surface area contributed by atoms with Crippen molar-refractivity contribution in [3.05, 3.63) is 47.3 Å². The molecule has 2 aliphatic rings. The molecule has 0 saturated carbocycles. The first-order valence-corrected chi connectivity index (χ1v) is 9.56. The largest absolute Gasteiger partial charge is 0.368 e. The topological polar surface area (TPSA) is 95.5 Å². The molecule has 1 aromatic heterocycles. The Bertz CT molecular complexity index is 967. The highest BCUT2D eigenvalue weighted by Gasteiger charge is 2.33. The van der Waals surface area contributed by atoms with Crippen LogP contribution >= 0.6 is 0 Å². The van der Waals surface area contributed by atoms with E-state index in [0.29, 0.717) is 49.7 Å². The first-order chi connectivity index (χ1) is 14.5. The van der Waals surface area contributed by atoms with Crippen molar-refractivity contribution in [2.45, 2.75) is 18.8 Å². The summed E-state index contributed by atoms with van der Waals surface area (Å²) in [4.78, 5) is 46.1. The first kappa shape index (κ1) is 19.9. The molecule has 2 saturated heterocycles. The van der Waals surface area contributed by atoms with E-state index in [1.165, 1.54) is 24.5 Å². The second kappa shape index (κ2) is 8.13. The zero-order valence-corrected chi connectivity index (χ0v) is 16.0. The quantitative estimate of drug-likeness (QED) is 0.596. The van der Waals surface area contributed by atoms with Gasteiger partial charge in [-0.15, -0.1) is 0 Å². The third-order valence-corrected chi connectivity index (χ3v) is 5.37. The highest BCUT2D eigenvalue weighted by Crippen LogP contribution is 2.32. The maximum absolute atomic E-state index is 14.7. The number of carbonyl (C=O) groups is 3. The lowest BCUT2D eigenvalue weighted by atomic mass is 9.89. The van der Waals surface area contributed by atoms with Crippen LogP contribution in [-0.2, 0) is 9.59 Å². The lowest BCUT2D eigenvalue weighted by Gasteiger charge is -2.36. The summed E-state index contributed by atoms with van der Waals surface area (Å²) in [6.07, 6.45) is 3.69. The SMILES string of the molecule is O=Cc1cnc(N2CCN(c3cc(F)c(C4CCC(=O)NC4=O)c(F)c3)CC2)nc1. The van der Waals surface area contributed by atoms with Crippen molar-refractivity contribution in [1.82, 2.24) is 15.3 Å². The molecule has 3 heterocycles. The summed E-state index contributed by atoms with van der Waals surface area (Å²) in [5.41, 5.74) is 0.475. The lowest BCUT2D eigenvalue weighted by molar-refractivity contribution is -0.134. The zero-order valence-electron chi connectivity index (χ0n) is 16.0. The van der Waals surface area contributed by atoms with Gasteiger partial charge in [-0.2, -0.15) is 0 Å². The molecule has 0 bridgehead atoms. The maximum atomic E-state index is 14.7. The van der Waals surface area contributed by atoms with Gasteiger partial charge in [0.2, 0.25) is 17.8 Å². The molecule has 1 unspecified atom stereocenters. The number of carbonyl (C=O) groups excluding carboxylic acids is 3. The summed E-state index contributed by atoms with van der Waals surface area (Å²) in [6.45, 7) is 2.07. The van der Waals surface area contributed by atoms with E-state index in [1.807, 2.05) is 9.80 Å². The molecular formula is C20H19F2N5O3. The Hall–Kier alpha value is -3.43. The van der Waals surface area contributed by atoms with Crippen molar-refractivity contribution in [1.29, 1.82) is 0 Å². The fraction of sp³-hybridized carbons (Fsp3) is 0.350. The highest BCUT2D eigenvalue weighted by atomic mass is 19.1. The van der Waals surface area contributed by atoms with Crippen molar-refractivity contribution in [2.75, 3.05) is 36.0 Å². The molecule has 2 aromatic rings. The van der Waals surface area contributed by atoms with Gasteiger partial charge < -0.3 is 9.80 Å². The Morgan fingerprint density at radius 1 is 1.00 bits per heavy atom. The fourth-order valence-electron chi connectivity index (χ4n) is 3.78. The number of anilines is 2. The van der Waals surface area contributed by atoms with E-state index in [1.54, 1.807) is 0 Å². The van der Waals surface area contributed by atoms with Gasteiger partial charge in [0.15, 0.2) is 6.29 Å². The number of amides is 2. The molecular weight excluding hydrogens is 396 g/mol. The number of hydrogen-bond acceptors (Lipinski definition) is 7. The Morgan fingerprint density at radius 2 is 1.60 bits per heavy atom. The molecule has 2 amide bonds. The van der Waals surface area contributed by atoms with E-state index in [0.717, 1.165) is 0 Å². The third-order valence-electron chi connectivity index (χ3n) is 5.37. The van der Waals surface area contributed by atoms with Crippen LogP contribution in [0.4, 0.5) is 20.4 Å². The Kier molecular flexibility index (Phi) is 5.39. The number of piperidine rings is 1.